The van der Waals surface area contributed by atoms with E-state index in [9.17, 15) is 9.90 Å². The molecule has 1 atom stereocenters. The zero-order chi connectivity index (χ0) is 14.3. The molecule has 3 nitrogen and oxygen atoms in total. The first-order valence-electron chi connectivity index (χ1n) is 6.31. The average molecular weight is 263 g/mol. The second-order valence-electron chi connectivity index (χ2n) is 4.78. The molecule has 3 rings (SSSR count). The smallest absolute Gasteiger partial charge is 0.261 e. The Morgan fingerprint density at radius 1 is 1.25 bits per heavy atom. The molecule has 1 amide bonds. The van der Waals surface area contributed by atoms with Crippen molar-refractivity contribution in [1.29, 1.82) is 0 Å². The molecule has 2 aromatic rings. The molecule has 0 spiro atoms. The van der Waals surface area contributed by atoms with Crippen LogP contribution in [0.25, 0.3) is 0 Å². The molecule has 0 aromatic heterocycles. The second kappa shape index (κ2) is 4.52. The van der Waals surface area contributed by atoms with Crippen LogP contribution in [-0.2, 0) is 0 Å². The summed E-state index contributed by atoms with van der Waals surface area (Å²) in [5.41, 5.74) is 3.38. The van der Waals surface area contributed by atoms with Crippen LogP contribution in [0, 0.1) is 19.3 Å². The monoisotopic (exact) mass is 263 g/mol. The minimum absolute atomic E-state index is 0.203. The molecule has 20 heavy (non-hydrogen) atoms. The zero-order valence-corrected chi connectivity index (χ0v) is 11.0. The molecular weight excluding hydrogens is 250 g/mol. The lowest BCUT2D eigenvalue weighted by Gasteiger charge is -2.23. The van der Waals surface area contributed by atoms with Crippen molar-refractivity contribution in [2.75, 3.05) is 4.90 Å². The van der Waals surface area contributed by atoms with E-state index < -0.39 is 6.23 Å². The third kappa shape index (κ3) is 1.70. The van der Waals surface area contributed by atoms with Crippen molar-refractivity contribution in [2.24, 2.45) is 0 Å². The Kier molecular flexibility index (Phi) is 2.81. The summed E-state index contributed by atoms with van der Waals surface area (Å²) in [6, 6.07) is 12.5. The van der Waals surface area contributed by atoms with Crippen molar-refractivity contribution in [2.45, 2.75) is 13.2 Å². The number of anilines is 1. The fourth-order valence-electron chi connectivity index (χ4n) is 2.50. The first-order valence-corrected chi connectivity index (χ1v) is 6.31. The van der Waals surface area contributed by atoms with Gasteiger partial charge in [0, 0.05) is 16.7 Å². The summed E-state index contributed by atoms with van der Waals surface area (Å²) in [7, 11) is 0. The number of benzene rings is 2. The molecule has 0 saturated carbocycles. The Bertz CT molecular complexity index is 743. The second-order valence-corrected chi connectivity index (χ2v) is 4.78. The number of rotatable bonds is 1. The number of nitrogens with zero attached hydrogens (tertiary/aromatic N) is 1. The van der Waals surface area contributed by atoms with Crippen molar-refractivity contribution in [1.82, 2.24) is 0 Å². The minimum Gasteiger partial charge on any atom is -0.369 e. The van der Waals surface area contributed by atoms with Gasteiger partial charge >= 0.3 is 0 Å². The number of terminal acetylenes is 1. The predicted octanol–water partition coefficient (Wildman–Crippen LogP) is 2.63. The number of aryl methyl sites for hydroxylation is 1. The third-order valence-electron chi connectivity index (χ3n) is 3.57. The Hall–Kier alpha value is -2.57. The van der Waals surface area contributed by atoms with Gasteiger partial charge in [-0.1, -0.05) is 30.2 Å². The van der Waals surface area contributed by atoms with Crippen molar-refractivity contribution in [3.63, 3.8) is 0 Å². The number of hydrogen-bond donors (Lipinski definition) is 1. The first kappa shape index (κ1) is 12.5. The number of amides is 1. The van der Waals surface area contributed by atoms with Gasteiger partial charge in [0.05, 0.1) is 5.69 Å². The number of hydrogen-bond acceptors (Lipinski definition) is 2. The summed E-state index contributed by atoms with van der Waals surface area (Å²) in [5.74, 6) is 2.35. The number of carbonyl (C=O) groups excluding carboxylic acids is 1. The number of aliphatic hydroxyl groups is 1. The van der Waals surface area contributed by atoms with Crippen LogP contribution >= 0.6 is 0 Å². The van der Waals surface area contributed by atoms with E-state index in [-0.39, 0.29) is 5.91 Å². The maximum absolute atomic E-state index is 12.5. The summed E-state index contributed by atoms with van der Waals surface area (Å²) in [5, 5.41) is 10.4. The maximum Gasteiger partial charge on any atom is 0.261 e. The fraction of sp³-hybridized carbons (Fsp3) is 0.118. The van der Waals surface area contributed by atoms with Gasteiger partial charge in [-0.05, 0) is 30.7 Å². The van der Waals surface area contributed by atoms with Crippen molar-refractivity contribution in [3.05, 3.63) is 64.7 Å². The van der Waals surface area contributed by atoms with Gasteiger partial charge < -0.3 is 5.11 Å². The Labute approximate surface area is 117 Å². The molecule has 0 saturated heterocycles. The minimum atomic E-state index is -0.967. The number of carbonyl (C=O) groups is 1. The summed E-state index contributed by atoms with van der Waals surface area (Å²) >= 11 is 0. The SMILES string of the molecule is C#Cc1ccc(C)c(N2C(=O)c3ccccc3C2O)c1. The Morgan fingerprint density at radius 3 is 2.70 bits per heavy atom. The van der Waals surface area contributed by atoms with E-state index in [1.165, 1.54) is 4.90 Å². The summed E-state index contributed by atoms with van der Waals surface area (Å²) in [6.45, 7) is 1.89. The van der Waals surface area contributed by atoms with Crippen LogP contribution in [0.5, 0.6) is 0 Å². The van der Waals surface area contributed by atoms with Crippen LogP contribution in [-0.4, -0.2) is 11.0 Å². The topological polar surface area (TPSA) is 40.5 Å². The highest BCUT2D eigenvalue weighted by molar-refractivity contribution is 6.11. The molecule has 0 aliphatic carbocycles. The van der Waals surface area contributed by atoms with E-state index in [1.807, 2.05) is 25.1 Å². The molecule has 0 bridgehead atoms. The van der Waals surface area contributed by atoms with Crippen LogP contribution in [0.3, 0.4) is 0 Å². The largest absolute Gasteiger partial charge is 0.369 e. The molecule has 3 heteroatoms. The maximum atomic E-state index is 12.5. The van der Waals surface area contributed by atoms with Gasteiger partial charge in [0.15, 0.2) is 6.23 Å². The van der Waals surface area contributed by atoms with Gasteiger partial charge in [0.2, 0.25) is 0 Å². The summed E-state index contributed by atoms with van der Waals surface area (Å²) in [6.07, 6.45) is 4.44. The van der Waals surface area contributed by atoms with E-state index in [0.29, 0.717) is 22.4 Å². The third-order valence-corrected chi connectivity index (χ3v) is 3.57. The lowest BCUT2D eigenvalue weighted by atomic mass is 10.1. The van der Waals surface area contributed by atoms with E-state index in [2.05, 4.69) is 5.92 Å². The van der Waals surface area contributed by atoms with Gasteiger partial charge in [0.1, 0.15) is 0 Å². The Morgan fingerprint density at radius 2 is 2.00 bits per heavy atom. The van der Waals surface area contributed by atoms with Crippen LogP contribution in [0.1, 0.15) is 33.3 Å². The average Bonchev–Trinajstić information content (AvgIpc) is 2.72. The van der Waals surface area contributed by atoms with Crippen molar-refractivity contribution in [3.8, 4) is 12.3 Å². The van der Waals surface area contributed by atoms with Crippen LogP contribution in [0.2, 0.25) is 0 Å². The molecule has 1 unspecified atom stereocenters. The molecule has 1 aliphatic rings. The molecule has 0 radical (unpaired) electrons. The predicted molar refractivity (Wildman–Crippen MR) is 77.3 cm³/mol. The molecule has 1 heterocycles. The fourth-order valence-corrected chi connectivity index (χ4v) is 2.50. The van der Waals surface area contributed by atoms with Gasteiger partial charge in [0.25, 0.3) is 5.91 Å². The molecule has 1 N–H and O–H groups in total. The van der Waals surface area contributed by atoms with Crippen molar-refractivity contribution >= 4 is 11.6 Å². The standard InChI is InChI=1S/C17H13NO2/c1-3-12-9-8-11(2)15(10-12)18-16(19)13-6-4-5-7-14(13)17(18)20/h1,4-10,16,19H,2H3. The highest BCUT2D eigenvalue weighted by atomic mass is 16.3. The lowest BCUT2D eigenvalue weighted by Crippen LogP contribution is -2.28. The lowest BCUT2D eigenvalue weighted by molar-refractivity contribution is 0.0935. The van der Waals surface area contributed by atoms with Crippen LogP contribution in [0.4, 0.5) is 5.69 Å². The quantitative estimate of drug-likeness (QED) is 0.803. The molecule has 2 aromatic carbocycles. The molecular formula is C17H13NO2. The van der Waals surface area contributed by atoms with E-state index in [4.69, 9.17) is 6.42 Å². The van der Waals surface area contributed by atoms with Crippen LogP contribution in [0.15, 0.2) is 42.5 Å². The normalized spacial score (nSPS) is 16.9. The summed E-state index contributed by atoms with van der Waals surface area (Å²) < 4.78 is 0. The zero-order valence-electron chi connectivity index (χ0n) is 11.0. The highest BCUT2D eigenvalue weighted by Crippen LogP contribution is 2.37. The number of aliphatic hydroxyl groups excluding tert-OH is 1. The van der Waals surface area contributed by atoms with E-state index in [1.54, 1.807) is 24.3 Å². The van der Waals surface area contributed by atoms with Crippen LogP contribution < -0.4 is 4.90 Å². The highest BCUT2D eigenvalue weighted by Gasteiger charge is 2.36. The van der Waals surface area contributed by atoms with E-state index in [0.717, 1.165) is 5.56 Å². The first-order chi connectivity index (χ1) is 9.63. The van der Waals surface area contributed by atoms with Gasteiger partial charge in [-0.3, -0.25) is 9.69 Å². The number of fused-ring (bicyclic) bond motifs is 1. The van der Waals surface area contributed by atoms with Gasteiger partial charge in [-0.2, -0.15) is 0 Å². The summed E-state index contributed by atoms with van der Waals surface area (Å²) in [4.78, 5) is 13.9. The molecule has 1 aliphatic heterocycles. The van der Waals surface area contributed by atoms with Gasteiger partial charge in [-0.25, -0.2) is 0 Å². The van der Waals surface area contributed by atoms with E-state index >= 15 is 0 Å². The van der Waals surface area contributed by atoms with Gasteiger partial charge in [-0.15, -0.1) is 6.42 Å². The molecule has 98 valence electrons. The molecule has 0 fully saturated rings. The van der Waals surface area contributed by atoms with Crippen molar-refractivity contribution < 1.29 is 9.90 Å². The Balaban J connectivity index is 2.14.